The maximum atomic E-state index is 5.68. The molecule has 2 aromatic heterocycles. The lowest BCUT2D eigenvalue weighted by atomic mass is 10.3. The van der Waals surface area contributed by atoms with Crippen molar-refractivity contribution in [3.05, 3.63) is 47.6 Å². The van der Waals surface area contributed by atoms with E-state index in [-0.39, 0.29) is 0 Å². The summed E-state index contributed by atoms with van der Waals surface area (Å²) in [7, 11) is 1.87. The molecule has 0 bridgehead atoms. The topological polar surface area (TPSA) is 66.0 Å². The number of rotatable bonds is 4. The van der Waals surface area contributed by atoms with E-state index >= 15 is 0 Å². The maximum Gasteiger partial charge on any atom is 0.191 e. The summed E-state index contributed by atoms with van der Waals surface area (Å²) in [6.07, 6.45) is 0. The van der Waals surface area contributed by atoms with Crippen molar-refractivity contribution in [3.63, 3.8) is 0 Å². The quantitative estimate of drug-likeness (QED) is 0.749. The van der Waals surface area contributed by atoms with Gasteiger partial charge in [-0.25, -0.2) is 9.67 Å². The van der Waals surface area contributed by atoms with Crippen LogP contribution in [0.5, 0.6) is 5.75 Å². The Hall–Kier alpha value is -2.34. The number of anilines is 1. The molecule has 3 rings (SSSR count). The number of aromatic nitrogens is 3. The Balaban J connectivity index is 1.73. The molecule has 0 saturated heterocycles. The van der Waals surface area contributed by atoms with E-state index in [9.17, 15) is 0 Å². The van der Waals surface area contributed by atoms with Crippen molar-refractivity contribution in [1.29, 1.82) is 0 Å². The van der Waals surface area contributed by atoms with E-state index in [1.807, 2.05) is 48.8 Å². The first-order valence-electron chi connectivity index (χ1n) is 6.14. The summed E-state index contributed by atoms with van der Waals surface area (Å²) in [5.74, 6) is 2.28. The second kappa shape index (κ2) is 5.34. The van der Waals surface area contributed by atoms with Gasteiger partial charge in [0.25, 0.3) is 0 Å². The molecule has 0 saturated carbocycles. The number of nitrogen functional groups attached to an aromatic ring is 1. The lowest BCUT2D eigenvalue weighted by Gasteiger charge is -2.05. The zero-order valence-corrected chi connectivity index (χ0v) is 11.8. The highest BCUT2D eigenvalue weighted by Crippen LogP contribution is 2.21. The van der Waals surface area contributed by atoms with Crippen LogP contribution >= 0.6 is 11.3 Å². The zero-order chi connectivity index (χ0) is 13.9. The van der Waals surface area contributed by atoms with Crippen LogP contribution in [0, 0.1) is 0 Å². The molecule has 2 N–H and O–H groups in total. The van der Waals surface area contributed by atoms with Gasteiger partial charge in [0.15, 0.2) is 11.6 Å². The number of nitrogens with zero attached hydrogens (tertiary/aromatic N) is 3. The predicted octanol–water partition coefficient (Wildman–Crippen LogP) is 2.70. The highest BCUT2D eigenvalue weighted by atomic mass is 32.1. The van der Waals surface area contributed by atoms with Gasteiger partial charge in [-0.1, -0.05) is 6.07 Å². The number of ether oxygens (including phenoxy) is 1. The number of nitrogens with two attached hydrogens (primary N) is 1. The number of thiophene rings is 1. The SMILES string of the molecule is Cn1nc(-c2cccs2)nc1COc1ccc(N)cc1. The van der Waals surface area contributed by atoms with E-state index in [0.717, 1.165) is 28.0 Å². The number of hydrogen-bond acceptors (Lipinski definition) is 5. The minimum atomic E-state index is 0.374. The van der Waals surface area contributed by atoms with E-state index in [1.165, 1.54) is 0 Å². The molecule has 0 aliphatic carbocycles. The van der Waals surface area contributed by atoms with Crippen LogP contribution in [-0.2, 0) is 13.7 Å². The first-order chi connectivity index (χ1) is 9.72. The summed E-state index contributed by atoms with van der Waals surface area (Å²) < 4.78 is 7.43. The normalized spacial score (nSPS) is 10.7. The highest BCUT2D eigenvalue weighted by Gasteiger charge is 2.10. The molecule has 3 aromatic rings. The Morgan fingerprint density at radius 1 is 1.25 bits per heavy atom. The summed E-state index contributed by atoms with van der Waals surface area (Å²) in [5.41, 5.74) is 6.35. The Labute approximate surface area is 120 Å². The third-order valence-corrected chi connectivity index (χ3v) is 3.71. The van der Waals surface area contributed by atoms with Gasteiger partial charge >= 0.3 is 0 Å². The van der Waals surface area contributed by atoms with Gasteiger partial charge in [-0.15, -0.1) is 16.4 Å². The highest BCUT2D eigenvalue weighted by molar-refractivity contribution is 7.13. The summed E-state index contributed by atoms with van der Waals surface area (Å²) in [5, 5.41) is 6.41. The first kappa shape index (κ1) is 12.7. The van der Waals surface area contributed by atoms with Crippen molar-refractivity contribution < 1.29 is 4.74 Å². The summed E-state index contributed by atoms with van der Waals surface area (Å²) in [4.78, 5) is 5.55. The van der Waals surface area contributed by atoms with Crippen molar-refractivity contribution in [2.24, 2.45) is 7.05 Å². The molecule has 0 fully saturated rings. The Kier molecular flexibility index (Phi) is 3.39. The lowest BCUT2D eigenvalue weighted by molar-refractivity contribution is 0.290. The molecule has 20 heavy (non-hydrogen) atoms. The molecule has 0 aliphatic heterocycles. The van der Waals surface area contributed by atoms with Gasteiger partial charge in [-0.3, -0.25) is 0 Å². The third-order valence-electron chi connectivity index (χ3n) is 2.84. The molecular formula is C14H14N4OS. The molecule has 2 heterocycles. The van der Waals surface area contributed by atoms with E-state index in [4.69, 9.17) is 10.5 Å². The monoisotopic (exact) mass is 286 g/mol. The molecule has 0 radical (unpaired) electrons. The predicted molar refractivity (Wildman–Crippen MR) is 79.5 cm³/mol. The van der Waals surface area contributed by atoms with Crippen LogP contribution in [0.3, 0.4) is 0 Å². The van der Waals surface area contributed by atoms with Gasteiger partial charge < -0.3 is 10.5 Å². The molecule has 0 atom stereocenters. The number of benzene rings is 1. The van der Waals surface area contributed by atoms with Gasteiger partial charge in [-0.2, -0.15) is 0 Å². The second-order valence-electron chi connectivity index (χ2n) is 4.31. The van der Waals surface area contributed by atoms with Crippen molar-refractivity contribution in [3.8, 4) is 16.5 Å². The molecule has 102 valence electrons. The van der Waals surface area contributed by atoms with Crippen LogP contribution in [0.4, 0.5) is 5.69 Å². The maximum absolute atomic E-state index is 5.68. The van der Waals surface area contributed by atoms with Crippen molar-refractivity contribution in [1.82, 2.24) is 14.8 Å². The number of aryl methyl sites for hydroxylation is 1. The molecule has 0 amide bonds. The smallest absolute Gasteiger partial charge is 0.191 e. The van der Waals surface area contributed by atoms with Crippen LogP contribution in [0.15, 0.2) is 41.8 Å². The average molecular weight is 286 g/mol. The minimum absolute atomic E-state index is 0.374. The Morgan fingerprint density at radius 3 is 2.75 bits per heavy atom. The van der Waals surface area contributed by atoms with Crippen molar-refractivity contribution in [2.75, 3.05) is 5.73 Å². The van der Waals surface area contributed by atoms with Crippen molar-refractivity contribution in [2.45, 2.75) is 6.61 Å². The molecule has 0 aliphatic rings. The molecule has 5 nitrogen and oxygen atoms in total. The van der Waals surface area contributed by atoms with Gasteiger partial charge in [0.05, 0.1) is 4.88 Å². The summed E-state index contributed by atoms with van der Waals surface area (Å²) in [6, 6.07) is 11.3. The van der Waals surface area contributed by atoms with Crippen LogP contribution in [0.2, 0.25) is 0 Å². The van der Waals surface area contributed by atoms with E-state index < -0.39 is 0 Å². The van der Waals surface area contributed by atoms with Crippen LogP contribution in [0.25, 0.3) is 10.7 Å². The van der Waals surface area contributed by atoms with E-state index in [0.29, 0.717) is 6.61 Å². The fraction of sp³-hybridized carbons (Fsp3) is 0.143. The van der Waals surface area contributed by atoms with E-state index in [2.05, 4.69) is 10.1 Å². The average Bonchev–Trinajstić information content (AvgIpc) is 3.08. The Bertz CT molecular complexity index is 689. The first-order valence-corrected chi connectivity index (χ1v) is 7.02. The van der Waals surface area contributed by atoms with Crippen molar-refractivity contribution >= 4 is 17.0 Å². The fourth-order valence-electron chi connectivity index (χ4n) is 1.76. The summed E-state index contributed by atoms with van der Waals surface area (Å²) >= 11 is 1.62. The zero-order valence-electron chi connectivity index (χ0n) is 11.0. The minimum Gasteiger partial charge on any atom is -0.486 e. The largest absolute Gasteiger partial charge is 0.486 e. The molecular weight excluding hydrogens is 272 g/mol. The fourth-order valence-corrected chi connectivity index (χ4v) is 2.42. The van der Waals surface area contributed by atoms with Gasteiger partial charge in [-0.05, 0) is 35.7 Å². The van der Waals surface area contributed by atoms with Gasteiger partial charge in [0.2, 0.25) is 0 Å². The molecule has 6 heteroatoms. The standard InChI is InChI=1S/C14H14N4OS/c1-18-13(9-19-11-6-4-10(15)5-7-11)16-14(17-18)12-3-2-8-20-12/h2-8H,9,15H2,1H3. The van der Waals surface area contributed by atoms with Gasteiger partial charge in [0, 0.05) is 12.7 Å². The van der Waals surface area contributed by atoms with Crippen LogP contribution < -0.4 is 10.5 Å². The molecule has 0 unspecified atom stereocenters. The summed E-state index contributed by atoms with van der Waals surface area (Å²) in [6.45, 7) is 0.374. The Morgan fingerprint density at radius 2 is 2.05 bits per heavy atom. The molecule has 0 spiro atoms. The lowest BCUT2D eigenvalue weighted by Crippen LogP contribution is -2.04. The molecule has 1 aromatic carbocycles. The second-order valence-corrected chi connectivity index (χ2v) is 5.26. The number of hydrogen-bond donors (Lipinski definition) is 1. The third kappa shape index (κ3) is 2.65. The van der Waals surface area contributed by atoms with Crippen LogP contribution in [0.1, 0.15) is 5.82 Å². The van der Waals surface area contributed by atoms with Crippen LogP contribution in [-0.4, -0.2) is 14.8 Å². The van der Waals surface area contributed by atoms with Gasteiger partial charge in [0.1, 0.15) is 12.4 Å². The van der Waals surface area contributed by atoms with E-state index in [1.54, 1.807) is 16.0 Å².